The zero-order chi connectivity index (χ0) is 12.1. The van der Waals surface area contributed by atoms with Crippen LogP contribution in [-0.4, -0.2) is 18.2 Å². The van der Waals surface area contributed by atoms with E-state index >= 15 is 0 Å². The van der Waals surface area contributed by atoms with Gasteiger partial charge in [0.1, 0.15) is 0 Å². The number of hydrogen-bond acceptors (Lipinski definition) is 2. The maximum atomic E-state index is 6.17. The van der Waals surface area contributed by atoms with Gasteiger partial charge in [0.05, 0.1) is 0 Å². The van der Waals surface area contributed by atoms with Crippen molar-refractivity contribution >= 4 is 10.9 Å². The van der Waals surface area contributed by atoms with Crippen LogP contribution in [0.5, 0.6) is 0 Å². The molecule has 3 heteroatoms. The zero-order valence-electron chi connectivity index (χ0n) is 10.3. The number of rotatable bonds is 6. The van der Waals surface area contributed by atoms with E-state index in [0.29, 0.717) is 0 Å². The lowest BCUT2D eigenvalue weighted by molar-refractivity contribution is 0.142. The standard InChI is InChI=1S/C14H20N2O/c1-2-17-9-3-4-13(15)12-6-5-11-7-8-16-14(11)10-12/h5-8,10,13,16H,2-4,9,15H2,1H3. The van der Waals surface area contributed by atoms with E-state index in [4.69, 9.17) is 10.5 Å². The highest BCUT2D eigenvalue weighted by atomic mass is 16.5. The highest BCUT2D eigenvalue weighted by Crippen LogP contribution is 2.20. The fourth-order valence-corrected chi connectivity index (χ4v) is 2.01. The van der Waals surface area contributed by atoms with Crippen LogP contribution >= 0.6 is 0 Å². The lowest BCUT2D eigenvalue weighted by atomic mass is 10.0. The van der Waals surface area contributed by atoms with Crippen LogP contribution in [0.3, 0.4) is 0 Å². The average molecular weight is 232 g/mol. The van der Waals surface area contributed by atoms with Crippen molar-refractivity contribution in [1.82, 2.24) is 4.98 Å². The van der Waals surface area contributed by atoms with Crippen LogP contribution in [-0.2, 0) is 4.74 Å². The Kier molecular flexibility index (Phi) is 4.18. The molecule has 2 rings (SSSR count). The van der Waals surface area contributed by atoms with Crippen molar-refractivity contribution in [3.63, 3.8) is 0 Å². The van der Waals surface area contributed by atoms with Gasteiger partial charge in [0.25, 0.3) is 0 Å². The van der Waals surface area contributed by atoms with Gasteiger partial charge < -0.3 is 15.5 Å². The summed E-state index contributed by atoms with van der Waals surface area (Å²) in [6.45, 7) is 3.59. The van der Waals surface area contributed by atoms with Gasteiger partial charge in [0.2, 0.25) is 0 Å². The Bertz CT molecular complexity index is 464. The average Bonchev–Trinajstić information content (AvgIpc) is 2.81. The smallest absolute Gasteiger partial charge is 0.0466 e. The Balaban J connectivity index is 1.95. The summed E-state index contributed by atoms with van der Waals surface area (Å²) < 4.78 is 5.32. The first-order chi connectivity index (χ1) is 8.31. The Labute approximate surface area is 102 Å². The van der Waals surface area contributed by atoms with E-state index in [2.05, 4.69) is 29.2 Å². The molecule has 2 aromatic rings. The monoisotopic (exact) mass is 232 g/mol. The Morgan fingerprint density at radius 3 is 3.06 bits per heavy atom. The van der Waals surface area contributed by atoms with E-state index in [1.807, 2.05) is 13.1 Å². The van der Waals surface area contributed by atoms with E-state index in [0.717, 1.165) is 31.6 Å². The van der Waals surface area contributed by atoms with E-state index in [1.165, 1.54) is 10.9 Å². The minimum atomic E-state index is 0.100. The van der Waals surface area contributed by atoms with Crippen LogP contribution in [0.25, 0.3) is 10.9 Å². The summed E-state index contributed by atoms with van der Waals surface area (Å²) in [4.78, 5) is 3.21. The van der Waals surface area contributed by atoms with Crippen LogP contribution in [0.2, 0.25) is 0 Å². The molecular formula is C14H20N2O. The molecule has 1 heterocycles. The highest BCUT2D eigenvalue weighted by molar-refractivity contribution is 5.79. The Morgan fingerprint density at radius 1 is 1.35 bits per heavy atom. The van der Waals surface area contributed by atoms with E-state index in [9.17, 15) is 0 Å². The number of ether oxygens (including phenoxy) is 1. The first kappa shape index (κ1) is 12.1. The quantitative estimate of drug-likeness (QED) is 0.752. The van der Waals surface area contributed by atoms with Gasteiger partial charge in [-0.25, -0.2) is 0 Å². The molecule has 0 bridgehead atoms. The topological polar surface area (TPSA) is 51.0 Å². The fourth-order valence-electron chi connectivity index (χ4n) is 2.01. The van der Waals surface area contributed by atoms with Crippen molar-refractivity contribution < 1.29 is 4.74 Å². The normalized spacial score (nSPS) is 13.1. The summed E-state index contributed by atoms with van der Waals surface area (Å²) >= 11 is 0. The molecular weight excluding hydrogens is 212 g/mol. The SMILES string of the molecule is CCOCCCC(N)c1ccc2cc[nH]c2c1. The fraction of sp³-hybridized carbons (Fsp3) is 0.429. The molecule has 0 saturated carbocycles. The molecule has 17 heavy (non-hydrogen) atoms. The minimum absolute atomic E-state index is 0.100. The number of hydrogen-bond donors (Lipinski definition) is 2. The number of benzene rings is 1. The Hall–Kier alpha value is -1.32. The number of nitrogens with two attached hydrogens (primary N) is 1. The van der Waals surface area contributed by atoms with Gasteiger partial charge in [-0.2, -0.15) is 0 Å². The molecule has 3 N–H and O–H groups in total. The number of aromatic amines is 1. The molecule has 1 aromatic carbocycles. The summed E-state index contributed by atoms with van der Waals surface area (Å²) in [5.41, 5.74) is 8.51. The Morgan fingerprint density at radius 2 is 2.24 bits per heavy atom. The summed E-state index contributed by atoms with van der Waals surface area (Å²) in [6, 6.07) is 8.54. The predicted octanol–water partition coefficient (Wildman–Crippen LogP) is 2.98. The third kappa shape index (κ3) is 3.08. The molecule has 0 saturated heterocycles. The van der Waals surface area contributed by atoms with E-state index in [-0.39, 0.29) is 6.04 Å². The number of nitrogens with one attached hydrogen (secondary N) is 1. The van der Waals surface area contributed by atoms with Crippen molar-refractivity contribution in [2.24, 2.45) is 5.73 Å². The molecule has 1 aromatic heterocycles. The summed E-state index contributed by atoms with van der Waals surface area (Å²) in [6.07, 6.45) is 3.93. The van der Waals surface area contributed by atoms with E-state index in [1.54, 1.807) is 0 Å². The molecule has 0 aliphatic rings. The second kappa shape index (κ2) is 5.84. The van der Waals surface area contributed by atoms with Gasteiger partial charge in [-0.05, 0) is 42.8 Å². The van der Waals surface area contributed by atoms with Gasteiger partial charge in [-0.3, -0.25) is 0 Å². The molecule has 0 fully saturated rings. The molecule has 92 valence electrons. The van der Waals surface area contributed by atoms with Gasteiger partial charge in [0, 0.05) is 31.0 Å². The number of aromatic nitrogens is 1. The third-order valence-corrected chi connectivity index (χ3v) is 3.02. The van der Waals surface area contributed by atoms with Crippen molar-refractivity contribution in [2.75, 3.05) is 13.2 Å². The molecule has 0 amide bonds. The number of H-pyrrole nitrogens is 1. The molecule has 0 aliphatic heterocycles. The molecule has 1 atom stereocenters. The summed E-state index contributed by atoms with van der Waals surface area (Å²) in [5.74, 6) is 0. The van der Waals surface area contributed by atoms with E-state index < -0.39 is 0 Å². The lowest BCUT2D eigenvalue weighted by Crippen LogP contribution is -2.11. The molecule has 3 nitrogen and oxygen atoms in total. The maximum absolute atomic E-state index is 6.17. The zero-order valence-corrected chi connectivity index (χ0v) is 10.3. The second-order valence-corrected chi connectivity index (χ2v) is 4.27. The largest absolute Gasteiger partial charge is 0.382 e. The first-order valence-corrected chi connectivity index (χ1v) is 6.21. The molecule has 0 radical (unpaired) electrons. The van der Waals surface area contributed by atoms with Crippen molar-refractivity contribution in [3.05, 3.63) is 36.0 Å². The van der Waals surface area contributed by atoms with Crippen molar-refractivity contribution in [3.8, 4) is 0 Å². The molecule has 0 spiro atoms. The van der Waals surface area contributed by atoms with Crippen molar-refractivity contribution in [1.29, 1.82) is 0 Å². The van der Waals surface area contributed by atoms with Crippen LogP contribution in [0.1, 0.15) is 31.4 Å². The van der Waals surface area contributed by atoms with Crippen LogP contribution in [0.4, 0.5) is 0 Å². The van der Waals surface area contributed by atoms with Crippen molar-refractivity contribution in [2.45, 2.75) is 25.8 Å². The molecule has 1 unspecified atom stereocenters. The van der Waals surface area contributed by atoms with Gasteiger partial charge in [-0.1, -0.05) is 12.1 Å². The van der Waals surface area contributed by atoms with Gasteiger partial charge in [-0.15, -0.1) is 0 Å². The maximum Gasteiger partial charge on any atom is 0.0466 e. The van der Waals surface area contributed by atoms with Gasteiger partial charge >= 0.3 is 0 Å². The first-order valence-electron chi connectivity index (χ1n) is 6.21. The summed E-state index contributed by atoms with van der Waals surface area (Å²) in [7, 11) is 0. The summed E-state index contributed by atoms with van der Waals surface area (Å²) in [5, 5.41) is 1.23. The lowest BCUT2D eigenvalue weighted by Gasteiger charge is -2.12. The van der Waals surface area contributed by atoms with Crippen LogP contribution < -0.4 is 5.73 Å². The minimum Gasteiger partial charge on any atom is -0.382 e. The highest BCUT2D eigenvalue weighted by Gasteiger charge is 2.06. The van der Waals surface area contributed by atoms with Crippen LogP contribution in [0, 0.1) is 0 Å². The van der Waals surface area contributed by atoms with Crippen LogP contribution in [0.15, 0.2) is 30.5 Å². The third-order valence-electron chi connectivity index (χ3n) is 3.02. The number of fused-ring (bicyclic) bond motifs is 1. The molecule has 0 aliphatic carbocycles. The second-order valence-electron chi connectivity index (χ2n) is 4.27. The van der Waals surface area contributed by atoms with Gasteiger partial charge in [0.15, 0.2) is 0 Å². The predicted molar refractivity (Wildman–Crippen MR) is 71.0 cm³/mol.